The zero-order chi connectivity index (χ0) is 14.8. The van der Waals surface area contributed by atoms with E-state index in [-0.39, 0.29) is 18.9 Å². The Hall–Kier alpha value is -1.36. The molecule has 0 aromatic heterocycles. The molecule has 0 amide bonds. The second kappa shape index (κ2) is 5.95. The van der Waals surface area contributed by atoms with Crippen molar-refractivity contribution in [2.75, 3.05) is 20.1 Å². The van der Waals surface area contributed by atoms with Gasteiger partial charge in [0.25, 0.3) is 0 Å². The third-order valence-electron chi connectivity index (χ3n) is 3.61. The number of rotatable bonds is 5. The molecular formula is C15H18F3NO. The number of nitrogens with zero attached hydrogens (tertiary/aromatic N) is 1. The van der Waals surface area contributed by atoms with Gasteiger partial charge in [-0.25, -0.2) is 0 Å². The quantitative estimate of drug-likeness (QED) is 0.774. The maximum atomic E-state index is 12.1. The van der Waals surface area contributed by atoms with Crippen molar-refractivity contribution in [3.8, 4) is 0 Å². The van der Waals surface area contributed by atoms with Gasteiger partial charge < -0.3 is 0 Å². The van der Waals surface area contributed by atoms with E-state index in [2.05, 4.69) is 0 Å². The summed E-state index contributed by atoms with van der Waals surface area (Å²) in [6, 6.07) is 5.64. The number of halogens is 3. The number of carbonyl (C=O) groups excluding carboxylic acids is 1. The van der Waals surface area contributed by atoms with Crippen LogP contribution in [0.25, 0.3) is 0 Å². The number of aryl methyl sites for hydroxylation is 2. The summed E-state index contributed by atoms with van der Waals surface area (Å²) >= 11 is 0. The fourth-order valence-electron chi connectivity index (χ4n) is 2.48. The zero-order valence-corrected chi connectivity index (χ0v) is 11.5. The molecule has 0 aliphatic heterocycles. The van der Waals surface area contributed by atoms with Gasteiger partial charge in [0.15, 0.2) is 5.78 Å². The highest BCUT2D eigenvalue weighted by Crippen LogP contribution is 2.23. The predicted octanol–water partition coefficient (Wildman–Crippen LogP) is 3.24. The lowest BCUT2D eigenvalue weighted by atomic mass is 10.0. The van der Waals surface area contributed by atoms with Crippen LogP contribution in [-0.4, -0.2) is 37.0 Å². The van der Waals surface area contributed by atoms with Crippen molar-refractivity contribution in [2.24, 2.45) is 0 Å². The number of benzene rings is 1. The highest BCUT2D eigenvalue weighted by molar-refractivity contribution is 5.97. The molecule has 0 heterocycles. The lowest BCUT2D eigenvalue weighted by Gasteiger charge is -2.17. The van der Waals surface area contributed by atoms with Crippen LogP contribution >= 0.6 is 0 Å². The lowest BCUT2D eigenvalue weighted by molar-refractivity contribution is -0.137. The Kier molecular flexibility index (Phi) is 4.48. The third-order valence-corrected chi connectivity index (χ3v) is 3.61. The van der Waals surface area contributed by atoms with Crippen molar-refractivity contribution in [3.05, 3.63) is 34.9 Å². The Morgan fingerprint density at radius 3 is 2.65 bits per heavy atom. The Morgan fingerprint density at radius 1 is 1.25 bits per heavy atom. The van der Waals surface area contributed by atoms with Crippen molar-refractivity contribution < 1.29 is 18.0 Å². The first-order valence-corrected chi connectivity index (χ1v) is 6.75. The van der Waals surface area contributed by atoms with Crippen molar-refractivity contribution in [1.82, 2.24) is 4.90 Å². The molecule has 0 atom stereocenters. The van der Waals surface area contributed by atoms with E-state index in [0.29, 0.717) is 5.56 Å². The molecule has 110 valence electrons. The number of ketones is 1. The van der Waals surface area contributed by atoms with Crippen LogP contribution in [0.5, 0.6) is 0 Å². The molecule has 1 aromatic carbocycles. The molecule has 1 aliphatic carbocycles. The monoisotopic (exact) mass is 285 g/mol. The van der Waals surface area contributed by atoms with Crippen molar-refractivity contribution in [1.29, 1.82) is 0 Å². The average molecular weight is 285 g/mol. The first-order chi connectivity index (χ1) is 9.35. The van der Waals surface area contributed by atoms with Gasteiger partial charge in [0.1, 0.15) is 0 Å². The molecule has 20 heavy (non-hydrogen) atoms. The largest absolute Gasteiger partial charge is 0.390 e. The maximum absolute atomic E-state index is 12.1. The average Bonchev–Trinajstić information content (AvgIpc) is 2.82. The van der Waals surface area contributed by atoms with Crippen LogP contribution in [0.3, 0.4) is 0 Å². The number of carbonyl (C=O) groups is 1. The fraction of sp³-hybridized carbons (Fsp3) is 0.533. The molecule has 0 spiro atoms. The number of fused-ring (bicyclic) bond motifs is 1. The van der Waals surface area contributed by atoms with Gasteiger partial charge in [0, 0.05) is 12.1 Å². The van der Waals surface area contributed by atoms with Gasteiger partial charge in [-0.15, -0.1) is 0 Å². The minimum absolute atomic E-state index is 0.0227. The zero-order valence-electron chi connectivity index (χ0n) is 11.5. The maximum Gasteiger partial charge on any atom is 0.390 e. The Labute approximate surface area is 116 Å². The summed E-state index contributed by atoms with van der Waals surface area (Å²) in [6.45, 7) is -0.130. The summed E-state index contributed by atoms with van der Waals surface area (Å²) in [6.07, 6.45) is -1.92. The van der Waals surface area contributed by atoms with Gasteiger partial charge in [0.05, 0.1) is 13.0 Å². The topological polar surface area (TPSA) is 20.3 Å². The van der Waals surface area contributed by atoms with Crippen molar-refractivity contribution >= 4 is 5.78 Å². The molecule has 0 fully saturated rings. The first kappa shape index (κ1) is 15.0. The van der Waals surface area contributed by atoms with Crippen molar-refractivity contribution in [3.63, 3.8) is 0 Å². The number of hydrogen-bond donors (Lipinski definition) is 0. The summed E-state index contributed by atoms with van der Waals surface area (Å²) < 4.78 is 36.3. The van der Waals surface area contributed by atoms with Crippen LogP contribution in [0.2, 0.25) is 0 Å². The van der Waals surface area contributed by atoms with Crippen LogP contribution < -0.4 is 0 Å². The van der Waals surface area contributed by atoms with Gasteiger partial charge in [-0.2, -0.15) is 13.2 Å². The molecule has 0 radical (unpaired) electrons. The van der Waals surface area contributed by atoms with Gasteiger partial charge in [-0.05, 0) is 43.5 Å². The smallest absolute Gasteiger partial charge is 0.299 e. The van der Waals surface area contributed by atoms with E-state index in [1.165, 1.54) is 23.1 Å². The summed E-state index contributed by atoms with van der Waals surface area (Å²) in [5.41, 5.74) is 3.09. The van der Waals surface area contributed by atoms with Crippen LogP contribution in [0.4, 0.5) is 13.2 Å². The Morgan fingerprint density at radius 2 is 1.95 bits per heavy atom. The lowest BCUT2D eigenvalue weighted by Crippen LogP contribution is -2.29. The normalized spacial score (nSPS) is 14.7. The molecule has 0 saturated carbocycles. The third kappa shape index (κ3) is 4.07. The molecule has 0 bridgehead atoms. The standard InChI is InChI=1S/C15H18F3NO/c1-19(8-7-15(16,17)18)10-14(20)13-6-5-11-3-2-4-12(11)9-13/h5-6,9H,2-4,7-8,10H2,1H3. The molecule has 0 saturated heterocycles. The van der Waals surface area contributed by atoms with E-state index in [0.717, 1.165) is 19.3 Å². The van der Waals surface area contributed by atoms with E-state index in [4.69, 9.17) is 0 Å². The molecular weight excluding hydrogens is 267 g/mol. The second-order valence-electron chi connectivity index (χ2n) is 5.36. The second-order valence-corrected chi connectivity index (χ2v) is 5.36. The summed E-state index contributed by atoms with van der Waals surface area (Å²) in [4.78, 5) is 13.5. The van der Waals surface area contributed by atoms with Crippen LogP contribution in [0.1, 0.15) is 34.3 Å². The van der Waals surface area contributed by atoms with Crippen LogP contribution in [0.15, 0.2) is 18.2 Å². The Bertz CT molecular complexity index is 496. The van der Waals surface area contributed by atoms with Gasteiger partial charge >= 0.3 is 6.18 Å². The first-order valence-electron chi connectivity index (χ1n) is 6.75. The van der Waals surface area contributed by atoms with Crippen molar-refractivity contribution in [2.45, 2.75) is 31.9 Å². The van der Waals surface area contributed by atoms with Gasteiger partial charge in [-0.3, -0.25) is 9.69 Å². The number of likely N-dealkylation sites (N-methyl/N-ethyl adjacent to an activating group) is 1. The predicted molar refractivity (Wildman–Crippen MR) is 71.0 cm³/mol. The summed E-state index contributed by atoms with van der Waals surface area (Å²) in [7, 11) is 1.54. The van der Waals surface area contributed by atoms with E-state index in [1.54, 1.807) is 6.07 Å². The number of Topliss-reactive ketones (excluding diaryl/α,β-unsaturated/α-hetero) is 1. The molecule has 2 rings (SSSR count). The summed E-state index contributed by atoms with van der Waals surface area (Å²) in [5.74, 6) is -0.121. The molecule has 0 N–H and O–H groups in total. The molecule has 5 heteroatoms. The van der Waals surface area contributed by atoms with Gasteiger partial charge in [0.2, 0.25) is 0 Å². The van der Waals surface area contributed by atoms with Crippen LogP contribution in [0, 0.1) is 0 Å². The molecule has 1 aromatic rings. The van der Waals surface area contributed by atoms with Gasteiger partial charge in [-0.1, -0.05) is 12.1 Å². The molecule has 2 nitrogen and oxygen atoms in total. The van der Waals surface area contributed by atoms with E-state index >= 15 is 0 Å². The minimum Gasteiger partial charge on any atom is -0.299 e. The molecule has 1 aliphatic rings. The Balaban J connectivity index is 1.91. The SMILES string of the molecule is CN(CCC(F)(F)F)CC(=O)c1ccc2c(c1)CCC2. The van der Waals surface area contributed by atoms with E-state index in [1.807, 2.05) is 12.1 Å². The number of alkyl halides is 3. The highest BCUT2D eigenvalue weighted by atomic mass is 19.4. The fourth-order valence-corrected chi connectivity index (χ4v) is 2.48. The molecule has 0 unspecified atom stereocenters. The minimum atomic E-state index is -4.18. The van der Waals surface area contributed by atoms with Crippen LogP contribution in [-0.2, 0) is 12.8 Å². The summed E-state index contributed by atoms with van der Waals surface area (Å²) in [5, 5.41) is 0. The van der Waals surface area contributed by atoms with E-state index < -0.39 is 12.6 Å². The van der Waals surface area contributed by atoms with E-state index in [9.17, 15) is 18.0 Å². The highest BCUT2D eigenvalue weighted by Gasteiger charge is 2.27. The number of hydrogen-bond acceptors (Lipinski definition) is 2.